The van der Waals surface area contributed by atoms with Crippen LogP contribution in [0.3, 0.4) is 0 Å². The number of allylic oxidation sites excluding steroid dienone is 1. The second kappa shape index (κ2) is 3.04. The number of alkyl halides is 7. The summed E-state index contributed by atoms with van der Waals surface area (Å²) in [4.78, 5) is 0. The molecule has 1 radical (unpaired) electrons. The van der Waals surface area contributed by atoms with Crippen molar-refractivity contribution in [3.63, 3.8) is 0 Å². The van der Waals surface area contributed by atoms with E-state index in [1.807, 2.05) is 0 Å². The summed E-state index contributed by atoms with van der Waals surface area (Å²) in [7, 11) is 0. The van der Waals surface area contributed by atoms with E-state index in [2.05, 4.69) is 18.2 Å². The van der Waals surface area contributed by atoms with Gasteiger partial charge in [0.05, 0.1) is 5.03 Å². The highest BCUT2D eigenvalue weighted by molar-refractivity contribution is 6.30. The predicted octanol–water partition coefficient (Wildman–Crippen LogP) is 3.37. The van der Waals surface area contributed by atoms with E-state index in [-0.39, 0.29) is 0 Å². The molecule has 0 heterocycles. The van der Waals surface area contributed by atoms with Gasteiger partial charge in [-0.15, -0.1) is 0 Å². The van der Waals surface area contributed by atoms with Gasteiger partial charge in [0.15, 0.2) is 0 Å². The SMILES string of the molecule is [CH]=C(Cl)C(F)(F)C(F)(F)C(F)(F)F. The fourth-order valence-electron chi connectivity index (χ4n) is 0.328. The molecule has 0 nitrogen and oxygen atoms in total. The Labute approximate surface area is 73.0 Å². The topological polar surface area (TPSA) is 0 Å². The molecule has 77 valence electrons. The third-order valence-electron chi connectivity index (χ3n) is 1.05. The third kappa shape index (κ3) is 1.90. The number of halogens is 8. The van der Waals surface area contributed by atoms with Crippen LogP contribution in [0.25, 0.3) is 0 Å². The summed E-state index contributed by atoms with van der Waals surface area (Å²) in [5.41, 5.74) is 0. The molecule has 0 atom stereocenters. The van der Waals surface area contributed by atoms with Crippen molar-refractivity contribution >= 4 is 11.6 Å². The Kier molecular flexibility index (Phi) is 2.93. The van der Waals surface area contributed by atoms with Crippen LogP contribution in [0.1, 0.15) is 0 Å². The average Bonchev–Trinajstić information content (AvgIpc) is 1.84. The molecule has 0 aliphatic rings. The first-order valence-electron chi connectivity index (χ1n) is 2.55. The van der Waals surface area contributed by atoms with Crippen molar-refractivity contribution in [2.45, 2.75) is 18.0 Å². The molecular weight excluding hydrogens is 228 g/mol. The molecule has 0 rings (SSSR count). The first-order chi connectivity index (χ1) is 5.44. The van der Waals surface area contributed by atoms with E-state index in [9.17, 15) is 30.7 Å². The molecule has 0 aromatic rings. The van der Waals surface area contributed by atoms with E-state index in [0.29, 0.717) is 0 Å². The zero-order valence-corrected chi connectivity index (χ0v) is 6.36. The van der Waals surface area contributed by atoms with E-state index in [1.165, 1.54) is 0 Å². The minimum Gasteiger partial charge on any atom is -0.193 e. The summed E-state index contributed by atoms with van der Waals surface area (Å²) in [6, 6.07) is 0. The van der Waals surface area contributed by atoms with Gasteiger partial charge in [-0.25, -0.2) is 0 Å². The highest BCUT2D eigenvalue weighted by Crippen LogP contribution is 2.49. The van der Waals surface area contributed by atoms with Crippen molar-refractivity contribution in [2.24, 2.45) is 0 Å². The Bertz CT molecular complexity index is 215. The van der Waals surface area contributed by atoms with Crippen molar-refractivity contribution in [3.05, 3.63) is 11.6 Å². The maximum Gasteiger partial charge on any atom is 0.460 e. The molecule has 8 heteroatoms. The van der Waals surface area contributed by atoms with E-state index < -0.39 is 23.1 Å². The smallest absolute Gasteiger partial charge is 0.193 e. The maximum atomic E-state index is 12.1. The zero-order valence-electron chi connectivity index (χ0n) is 5.60. The molecule has 0 bridgehead atoms. The van der Waals surface area contributed by atoms with Crippen LogP contribution in [0.2, 0.25) is 0 Å². The Balaban J connectivity index is 5.16. The first-order valence-corrected chi connectivity index (χ1v) is 2.93. The summed E-state index contributed by atoms with van der Waals surface area (Å²) >= 11 is 4.22. The van der Waals surface area contributed by atoms with Gasteiger partial charge in [-0.3, -0.25) is 0 Å². The Hall–Kier alpha value is -0.460. The van der Waals surface area contributed by atoms with Crippen molar-refractivity contribution in [3.8, 4) is 0 Å². The van der Waals surface area contributed by atoms with Crippen LogP contribution >= 0.6 is 11.6 Å². The quantitative estimate of drug-likeness (QED) is 0.637. The minimum atomic E-state index is -6.41. The van der Waals surface area contributed by atoms with Gasteiger partial charge in [-0.2, -0.15) is 30.7 Å². The molecule has 13 heavy (non-hydrogen) atoms. The number of hydrogen-bond acceptors (Lipinski definition) is 0. The minimum absolute atomic E-state index is 2.31. The molecule has 0 aromatic carbocycles. The van der Waals surface area contributed by atoms with Gasteiger partial charge >= 0.3 is 18.0 Å². The van der Waals surface area contributed by atoms with Gasteiger partial charge in [0, 0.05) is 0 Å². The van der Waals surface area contributed by atoms with E-state index in [4.69, 9.17) is 0 Å². The van der Waals surface area contributed by atoms with E-state index in [0.717, 1.165) is 0 Å². The van der Waals surface area contributed by atoms with Crippen LogP contribution in [0.4, 0.5) is 30.7 Å². The molecule has 0 N–H and O–H groups in total. The lowest BCUT2D eigenvalue weighted by Crippen LogP contribution is -2.52. The van der Waals surface area contributed by atoms with E-state index >= 15 is 0 Å². The molecule has 0 saturated heterocycles. The largest absolute Gasteiger partial charge is 0.460 e. The standard InChI is InChI=1S/C5HClF7/c1-2(6)3(7,8)4(9,10)5(11,12)13/h1H. The van der Waals surface area contributed by atoms with Gasteiger partial charge in [-0.1, -0.05) is 11.6 Å². The first kappa shape index (κ1) is 12.5. The molecular formula is C5HClF7. The van der Waals surface area contributed by atoms with Gasteiger partial charge < -0.3 is 0 Å². The van der Waals surface area contributed by atoms with Gasteiger partial charge in [0.25, 0.3) is 0 Å². The van der Waals surface area contributed by atoms with Crippen LogP contribution in [0.5, 0.6) is 0 Å². The van der Waals surface area contributed by atoms with Crippen LogP contribution < -0.4 is 0 Å². The Morgan fingerprint density at radius 3 is 1.31 bits per heavy atom. The highest BCUT2D eigenvalue weighted by Gasteiger charge is 2.73. The average molecular weight is 230 g/mol. The highest BCUT2D eigenvalue weighted by atomic mass is 35.5. The Morgan fingerprint density at radius 2 is 1.23 bits per heavy atom. The number of rotatable bonds is 2. The van der Waals surface area contributed by atoms with Crippen LogP contribution in [0, 0.1) is 6.58 Å². The maximum absolute atomic E-state index is 12.1. The van der Waals surface area contributed by atoms with Gasteiger partial charge in [-0.05, 0) is 6.58 Å². The Morgan fingerprint density at radius 1 is 0.923 bits per heavy atom. The van der Waals surface area contributed by atoms with Gasteiger partial charge in [0.1, 0.15) is 0 Å². The summed E-state index contributed by atoms with van der Waals surface area (Å²) in [5, 5.41) is -2.31. The van der Waals surface area contributed by atoms with Crippen molar-refractivity contribution in [2.75, 3.05) is 0 Å². The molecule has 0 spiro atoms. The van der Waals surface area contributed by atoms with Crippen LogP contribution in [-0.4, -0.2) is 18.0 Å². The lowest BCUT2D eigenvalue weighted by atomic mass is 10.1. The van der Waals surface area contributed by atoms with Crippen molar-refractivity contribution in [1.29, 1.82) is 0 Å². The molecule has 0 amide bonds. The third-order valence-corrected chi connectivity index (χ3v) is 1.29. The molecule has 0 aliphatic carbocycles. The van der Waals surface area contributed by atoms with E-state index in [1.54, 1.807) is 0 Å². The molecule has 0 unspecified atom stereocenters. The lowest BCUT2D eigenvalue weighted by molar-refractivity contribution is -0.342. The fraction of sp³-hybridized carbons (Fsp3) is 0.600. The summed E-state index contributed by atoms with van der Waals surface area (Å²) in [5.74, 6) is -11.9. The fourth-order valence-corrected chi connectivity index (χ4v) is 0.447. The van der Waals surface area contributed by atoms with Crippen molar-refractivity contribution in [1.82, 2.24) is 0 Å². The van der Waals surface area contributed by atoms with Crippen molar-refractivity contribution < 1.29 is 30.7 Å². The molecule has 0 aromatic heterocycles. The summed E-state index contributed by atoms with van der Waals surface area (Å²) < 4.78 is 81.9. The second-order valence-corrected chi connectivity index (χ2v) is 2.40. The normalized spacial score (nSPS) is 14.5. The molecule has 0 fully saturated rings. The summed E-state index contributed by atoms with van der Waals surface area (Å²) in [6.07, 6.45) is -6.41. The lowest BCUT2D eigenvalue weighted by Gasteiger charge is -2.27. The second-order valence-electron chi connectivity index (χ2n) is 1.99. The summed E-state index contributed by atoms with van der Waals surface area (Å²) in [6.45, 7) is 4.01. The monoisotopic (exact) mass is 229 g/mol. The number of hydrogen-bond donors (Lipinski definition) is 0. The van der Waals surface area contributed by atoms with Gasteiger partial charge in [0.2, 0.25) is 0 Å². The molecule has 0 aliphatic heterocycles. The van der Waals surface area contributed by atoms with Crippen LogP contribution in [0.15, 0.2) is 5.03 Å². The predicted molar refractivity (Wildman–Crippen MR) is 29.6 cm³/mol. The zero-order chi connectivity index (χ0) is 11.1. The molecule has 0 saturated carbocycles. The van der Waals surface area contributed by atoms with Crippen LogP contribution in [-0.2, 0) is 0 Å².